The van der Waals surface area contributed by atoms with E-state index in [1.54, 1.807) is 0 Å². The van der Waals surface area contributed by atoms with Crippen molar-refractivity contribution < 1.29 is 9.47 Å². The van der Waals surface area contributed by atoms with Crippen molar-refractivity contribution in [3.05, 3.63) is 23.8 Å². The highest BCUT2D eigenvalue weighted by Crippen LogP contribution is 2.31. The zero-order chi connectivity index (χ0) is 10.7. The largest absolute Gasteiger partial charge is 0.486 e. The lowest BCUT2D eigenvalue weighted by Crippen LogP contribution is -2.15. The standard InChI is InChI=1S/C13H14O2/c1-3-10(2)8-11-4-5-12-13(9-11)15-7-6-14-12/h1,4-5,9-10H,6-8H2,2H3. The summed E-state index contributed by atoms with van der Waals surface area (Å²) in [6.07, 6.45) is 6.23. The second-order valence-electron chi connectivity index (χ2n) is 3.75. The molecule has 2 nitrogen and oxygen atoms in total. The van der Waals surface area contributed by atoms with E-state index >= 15 is 0 Å². The van der Waals surface area contributed by atoms with Crippen LogP contribution in [0.25, 0.3) is 0 Å². The molecule has 0 amide bonds. The van der Waals surface area contributed by atoms with Gasteiger partial charge in [-0.15, -0.1) is 12.3 Å². The third kappa shape index (κ3) is 2.24. The van der Waals surface area contributed by atoms with E-state index in [9.17, 15) is 0 Å². The SMILES string of the molecule is C#CC(C)Cc1ccc2c(c1)OCCO2. The van der Waals surface area contributed by atoms with Crippen molar-refractivity contribution in [2.75, 3.05) is 13.2 Å². The van der Waals surface area contributed by atoms with Gasteiger partial charge in [0.05, 0.1) is 0 Å². The highest BCUT2D eigenvalue weighted by atomic mass is 16.6. The molecule has 1 aromatic carbocycles. The number of terminal acetylenes is 1. The molecule has 1 heterocycles. The van der Waals surface area contributed by atoms with Crippen LogP contribution in [0.2, 0.25) is 0 Å². The monoisotopic (exact) mass is 202 g/mol. The van der Waals surface area contributed by atoms with Crippen LogP contribution in [0.15, 0.2) is 18.2 Å². The quantitative estimate of drug-likeness (QED) is 0.685. The fourth-order valence-corrected chi connectivity index (χ4v) is 1.63. The Morgan fingerprint density at radius 3 is 2.80 bits per heavy atom. The highest BCUT2D eigenvalue weighted by Gasteiger charge is 2.12. The highest BCUT2D eigenvalue weighted by molar-refractivity contribution is 5.44. The summed E-state index contributed by atoms with van der Waals surface area (Å²) < 4.78 is 10.9. The Balaban J connectivity index is 2.18. The number of hydrogen-bond donors (Lipinski definition) is 0. The molecule has 0 saturated heterocycles. The second-order valence-corrected chi connectivity index (χ2v) is 3.75. The van der Waals surface area contributed by atoms with Gasteiger partial charge in [0.15, 0.2) is 11.5 Å². The molecule has 0 aromatic heterocycles. The lowest BCUT2D eigenvalue weighted by Gasteiger charge is -2.19. The third-order valence-corrected chi connectivity index (χ3v) is 2.43. The summed E-state index contributed by atoms with van der Waals surface area (Å²) in [5.74, 6) is 4.65. The first kappa shape index (κ1) is 9.92. The van der Waals surface area contributed by atoms with Crippen LogP contribution in [-0.4, -0.2) is 13.2 Å². The molecule has 0 bridgehead atoms. The second kappa shape index (κ2) is 4.27. The molecule has 0 aliphatic carbocycles. The maximum Gasteiger partial charge on any atom is 0.161 e. The average Bonchev–Trinajstić information content (AvgIpc) is 2.29. The number of fused-ring (bicyclic) bond motifs is 1. The predicted octanol–water partition coefficient (Wildman–Crippen LogP) is 2.27. The molecule has 0 radical (unpaired) electrons. The molecule has 0 fully saturated rings. The van der Waals surface area contributed by atoms with Crippen molar-refractivity contribution in [2.45, 2.75) is 13.3 Å². The molecule has 2 heteroatoms. The molecule has 2 rings (SSSR count). The molecular weight excluding hydrogens is 188 g/mol. The van der Waals surface area contributed by atoms with Crippen LogP contribution in [0.3, 0.4) is 0 Å². The van der Waals surface area contributed by atoms with E-state index in [2.05, 4.69) is 5.92 Å². The number of hydrogen-bond acceptors (Lipinski definition) is 2. The van der Waals surface area contributed by atoms with Gasteiger partial charge in [0.1, 0.15) is 13.2 Å². The molecule has 0 saturated carbocycles. The van der Waals surface area contributed by atoms with E-state index in [-0.39, 0.29) is 5.92 Å². The topological polar surface area (TPSA) is 18.5 Å². The maximum atomic E-state index is 5.50. The van der Waals surface area contributed by atoms with Gasteiger partial charge in [-0.1, -0.05) is 13.0 Å². The van der Waals surface area contributed by atoms with Crippen LogP contribution in [0, 0.1) is 18.3 Å². The fraction of sp³-hybridized carbons (Fsp3) is 0.385. The van der Waals surface area contributed by atoms with E-state index in [1.807, 2.05) is 25.1 Å². The average molecular weight is 202 g/mol. The first-order valence-corrected chi connectivity index (χ1v) is 5.14. The summed E-state index contributed by atoms with van der Waals surface area (Å²) in [5, 5.41) is 0. The van der Waals surface area contributed by atoms with Gasteiger partial charge < -0.3 is 9.47 Å². The molecule has 1 atom stereocenters. The minimum Gasteiger partial charge on any atom is -0.486 e. The summed E-state index contributed by atoms with van der Waals surface area (Å²) in [4.78, 5) is 0. The smallest absolute Gasteiger partial charge is 0.161 e. The summed E-state index contributed by atoms with van der Waals surface area (Å²) in [6.45, 7) is 3.30. The van der Waals surface area contributed by atoms with Gasteiger partial charge in [0, 0.05) is 5.92 Å². The van der Waals surface area contributed by atoms with Crippen LogP contribution in [0.1, 0.15) is 12.5 Å². The van der Waals surface area contributed by atoms with Gasteiger partial charge in [-0.25, -0.2) is 0 Å². The van der Waals surface area contributed by atoms with E-state index in [0.717, 1.165) is 17.9 Å². The van der Waals surface area contributed by atoms with Crippen molar-refractivity contribution in [3.8, 4) is 23.8 Å². The van der Waals surface area contributed by atoms with Gasteiger partial charge in [-0.3, -0.25) is 0 Å². The normalized spacial score (nSPS) is 15.5. The minimum absolute atomic E-state index is 0.257. The van der Waals surface area contributed by atoms with E-state index in [0.29, 0.717) is 13.2 Å². The van der Waals surface area contributed by atoms with Crippen LogP contribution in [0.5, 0.6) is 11.5 Å². The van der Waals surface area contributed by atoms with Gasteiger partial charge in [0.2, 0.25) is 0 Å². The Hall–Kier alpha value is -1.62. The molecule has 1 aliphatic heterocycles. The van der Waals surface area contributed by atoms with Crippen molar-refractivity contribution in [2.24, 2.45) is 5.92 Å². The summed E-state index contributed by atoms with van der Waals surface area (Å²) in [5.41, 5.74) is 1.20. The molecule has 1 aliphatic rings. The van der Waals surface area contributed by atoms with E-state index < -0.39 is 0 Å². The fourth-order valence-electron chi connectivity index (χ4n) is 1.63. The molecule has 1 unspecified atom stereocenters. The lowest BCUT2D eigenvalue weighted by atomic mass is 10.0. The van der Waals surface area contributed by atoms with Crippen molar-refractivity contribution in [1.29, 1.82) is 0 Å². The Kier molecular flexibility index (Phi) is 2.82. The molecule has 1 aromatic rings. The van der Waals surface area contributed by atoms with Crippen molar-refractivity contribution in [1.82, 2.24) is 0 Å². The molecule has 15 heavy (non-hydrogen) atoms. The number of ether oxygens (including phenoxy) is 2. The Bertz CT molecular complexity index is 390. The molecular formula is C13H14O2. The first-order chi connectivity index (χ1) is 7.29. The zero-order valence-corrected chi connectivity index (χ0v) is 8.82. The van der Waals surface area contributed by atoms with E-state index in [4.69, 9.17) is 15.9 Å². The lowest BCUT2D eigenvalue weighted by molar-refractivity contribution is 0.171. The van der Waals surface area contributed by atoms with Crippen LogP contribution in [0.4, 0.5) is 0 Å². The van der Waals surface area contributed by atoms with E-state index in [1.165, 1.54) is 5.56 Å². The van der Waals surface area contributed by atoms with Gasteiger partial charge >= 0.3 is 0 Å². The summed E-state index contributed by atoms with van der Waals surface area (Å²) in [6, 6.07) is 6.01. The van der Waals surface area contributed by atoms with Gasteiger partial charge in [0.25, 0.3) is 0 Å². The number of benzene rings is 1. The Morgan fingerprint density at radius 1 is 1.33 bits per heavy atom. The predicted molar refractivity (Wildman–Crippen MR) is 59.1 cm³/mol. The van der Waals surface area contributed by atoms with Gasteiger partial charge in [-0.05, 0) is 24.1 Å². The summed E-state index contributed by atoms with van der Waals surface area (Å²) >= 11 is 0. The Morgan fingerprint density at radius 2 is 2.07 bits per heavy atom. The molecule has 78 valence electrons. The van der Waals surface area contributed by atoms with Crippen LogP contribution in [-0.2, 0) is 6.42 Å². The first-order valence-electron chi connectivity index (χ1n) is 5.14. The minimum atomic E-state index is 0.257. The Labute approximate surface area is 90.2 Å². The van der Waals surface area contributed by atoms with Crippen molar-refractivity contribution in [3.63, 3.8) is 0 Å². The zero-order valence-electron chi connectivity index (χ0n) is 8.82. The van der Waals surface area contributed by atoms with Crippen LogP contribution < -0.4 is 9.47 Å². The number of rotatable bonds is 2. The summed E-state index contributed by atoms with van der Waals surface area (Å²) in [7, 11) is 0. The molecule has 0 N–H and O–H groups in total. The van der Waals surface area contributed by atoms with Crippen LogP contribution >= 0.6 is 0 Å². The molecule has 0 spiro atoms. The van der Waals surface area contributed by atoms with Gasteiger partial charge in [-0.2, -0.15) is 0 Å². The maximum absolute atomic E-state index is 5.50. The van der Waals surface area contributed by atoms with Crippen molar-refractivity contribution >= 4 is 0 Å². The third-order valence-electron chi connectivity index (χ3n) is 2.43.